The Morgan fingerprint density at radius 2 is 2.06 bits per heavy atom. The summed E-state index contributed by atoms with van der Waals surface area (Å²) < 4.78 is 0. The maximum atomic E-state index is 13.1. The van der Waals surface area contributed by atoms with Crippen molar-refractivity contribution < 1.29 is 4.79 Å². The number of carbonyl (C=O) groups excluding carboxylic acids is 1. The lowest BCUT2D eigenvalue weighted by Crippen LogP contribution is -2.38. The summed E-state index contributed by atoms with van der Waals surface area (Å²) in [6, 6.07) is 8.42. The summed E-state index contributed by atoms with van der Waals surface area (Å²) >= 11 is 0. The van der Waals surface area contributed by atoms with Crippen molar-refractivity contribution in [1.82, 2.24) is 20.2 Å². The van der Waals surface area contributed by atoms with Crippen molar-refractivity contribution in [2.75, 3.05) is 19.6 Å². The van der Waals surface area contributed by atoms with Crippen LogP contribution in [0.25, 0.3) is 11.0 Å². The molecule has 4 aliphatic rings. The van der Waals surface area contributed by atoms with Gasteiger partial charge in [-0.25, -0.2) is 4.98 Å². The molecule has 0 spiro atoms. The van der Waals surface area contributed by atoms with Crippen molar-refractivity contribution in [3.05, 3.63) is 65.0 Å². The fourth-order valence-corrected chi connectivity index (χ4v) is 5.79. The van der Waals surface area contributed by atoms with Gasteiger partial charge >= 0.3 is 0 Å². The molecule has 2 N–H and O–H groups in total. The van der Waals surface area contributed by atoms with Crippen LogP contribution in [0.3, 0.4) is 0 Å². The number of allylic oxidation sites excluding steroid dienone is 2. The van der Waals surface area contributed by atoms with E-state index in [2.05, 4.69) is 39.5 Å². The number of nitrogens with one attached hydrogen (secondary N) is 2. The Kier molecular flexibility index (Phi) is 5.67. The summed E-state index contributed by atoms with van der Waals surface area (Å²) in [6.45, 7) is 3.49. The summed E-state index contributed by atoms with van der Waals surface area (Å²) in [4.78, 5) is 24.1. The standard InChI is InChI=1S/C28H34N4O/c33-28(21-11-10-20-14-15-32(17-19-8-9-19)18-23(20)13-12-21)29-24-5-3-4-22(16-24)27-30-25-6-1-2-7-26(25)31-27/h1-2,6-7,10-12,19,22,24H,3-5,8-9,13-18H2,(H,29,33)(H,30,31)/t22?,24-/m0/s1. The summed E-state index contributed by atoms with van der Waals surface area (Å²) in [5, 5.41) is 3.35. The molecular weight excluding hydrogens is 408 g/mol. The summed E-state index contributed by atoms with van der Waals surface area (Å²) in [5.41, 5.74) is 5.90. The summed E-state index contributed by atoms with van der Waals surface area (Å²) in [7, 11) is 0. The topological polar surface area (TPSA) is 61.0 Å². The number of carbonyl (C=O) groups is 1. The Labute approximate surface area is 196 Å². The van der Waals surface area contributed by atoms with Crippen molar-refractivity contribution in [2.24, 2.45) is 5.92 Å². The molecule has 2 fully saturated rings. The van der Waals surface area contributed by atoms with Gasteiger partial charge in [0, 0.05) is 37.2 Å². The third-order valence-electron chi connectivity index (χ3n) is 7.88. The van der Waals surface area contributed by atoms with Crippen LogP contribution in [0.15, 0.2) is 59.2 Å². The number of hydrogen-bond acceptors (Lipinski definition) is 3. The molecule has 0 bridgehead atoms. The highest BCUT2D eigenvalue weighted by Gasteiger charge is 2.29. The van der Waals surface area contributed by atoms with Crippen molar-refractivity contribution in [1.29, 1.82) is 0 Å². The van der Waals surface area contributed by atoms with Gasteiger partial charge in [0.2, 0.25) is 0 Å². The maximum Gasteiger partial charge on any atom is 0.251 e. The molecule has 1 unspecified atom stereocenters. The van der Waals surface area contributed by atoms with Gasteiger partial charge in [-0.2, -0.15) is 0 Å². The number of amides is 1. The van der Waals surface area contributed by atoms with E-state index in [1.807, 2.05) is 18.2 Å². The molecule has 2 heterocycles. The van der Waals surface area contributed by atoms with Gasteiger partial charge in [-0.15, -0.1) is 0 Å². The van der Waals surface area contributed by atoms with Gasteiger partial charge in [0.05, 0.1) is 11.0 Å². The van der Waals surface area contributed by atoms with Crippen LogP contribution in [0.2, 0.25) is 0 Å². The fraction of sp³-hybridized carbons (Fsp3) is 0.500. The average Bonchev–Trinajstić information content (AvgIpc) is 3.58. The van der Waals surface area contributed by atoms with E-state index in [0.717, 1.165) is 80.0 Å². The predicted molar refractivity (Wildman–Crippen MR) is 132 cm³/mol. The molecule has 1 aromatic heterocycles. The van der Waals surface area contributed by atoms with E-state index in [4.69, 9.17) is 4.98 Å². The highest BCUT2D eigenvalue weighted by atomic mass is 16.1. The normalized spacial score (nSPS) is 26.1. The van der Waals surface area contributed by atoms with Crippen LogP contribution in [0.1, 0.15) is 63.1 Å². The number of nitrogens with zero attached hydrogens (tertiary/aromatic N) is 2. The molecule has 0 radical (unpaired) electrons. The number of H-pyrrole nitrogens is 1. The van der Waals surface area contributed by atoms with Crippen LogP contribution in [-0.4, -0.2) is 46.5 Å². The third-order valence-corrected chi connectivity index (χ3v) is 7.88. The number of rotatable bonds is 5. The molecule has 1 amide bonds. The average molecular weight is 443 g/mol. The van der Waals surface area contributed by atoms with E-state index < -0.39 is 0 Å². The van der Waals surface area contributed by atoms with Crippen LogP contribution >= 0.6 is 0 Å². The molecule has 0 saturated heterocycles. The summed E-state index contributed by atoms with van der Waals surface area (Å²) in [5.74, 6) is 2.46. The van der Waals surface area contributed by atoms with Gasteiger partial charge < -0.3 is 10.3 Å². The van der Waals surface area contributed by atoms with Crippen LogP contribution in [0.4, 0.5) is 0 Å². The molecule has 1 aliphatic heterocycles. The van der Waals surface area contributed by atoms with Gasteiger partial charge in [0.1, 0.15) is 5.82 Å². The largest absolute Gasteiger partial charge is 0.349 e. The Hall–Kier alpha value is -2.66. The second-order valence-electron chi connectivity index (χ2n) is 10.4. The first kappa shape index (κ1) is 20.9. The van der Waals surface area contributed by atoms with Crippen molar-refractivity contribution in [3.8, 4) is 0 Å². The molecule has 3 aliphatic carbocycles. The lowest BCUT2D eigenvalue weighted by molar-refractivity contribution is -0.118. The number of benzene rings is 1. The Morgan fingerprint density at radius 3 is 2.94 bits per heavy atom. The van der Waals surface area contributed by atoms with Crippen LogP contribution in [0.5, 0.6) is 0 Å². The second-order valence-corrected chi connectivity index (χ2v) is 10.4. The minimum atomic E-state index is 0.0798. The Balaban J connectivity index is 1.08. The monoisotopic (exact) mass is 442 g/mol. The molecule has 1 aromatic carbocycles. The predicted octanol–water partition coefficient (Wildman–Crippen LogP) is 5.00. The first-order chi connectivity index (χ1) is 16.2. The number of imidazole rings is 1. The SMILES string of the molecule is O=C(N[C@H]1CCCC(c2nc3ccccc3[nH]2)C1)C1=CCC2=C(C=C1)CCN(CC1CC1)C2. The van der Waals surface area contributed by atoms with Crippen LogP contribution in [-0.2, 0) is 4.79 Å². The van der Waals surface area contributed by atoms with Crippen LogP contribution in [0, 0.1) is 5.92 Å². The van der Waals surface area contributed by atoms with Crippen LogP contribution < -0.4 is 5.32 Å². The van der Waals surface area contributed by atoms with Gasteiger partial charge in [0.15, 0.2) is 0 Å². The van der Waals surface area contributed by atoms with E-state index in [1.54, 1.807) is 0 Å². The third kappa shape index (κ3) is 4.70. The van der Waals surface area contributed by atoms with Gasteiger partial charge in [-0.05, 0) is 80.2 Å². The zero-order valence-corrected chi connectivity index (χ0v) is 19.4. The first-order valence-electron chi connectivity index (χ1n) is 12.8. The molecule has 2 saturated carbocycles. The smallest absolute Gasteiger partial charge is 0.251 e. The van der Waals surface area contributed by atoms with Crippen molar-refractivity contribution in [3.63, 3.8) is 0 Å². The zero-order valence-electron chi connectivity index (χ0n) is 19.4. The highest BCUT2D eigenvalue weighted by Crippen LogP contribution is 2.34. The lowest BCUT2D eigenvalue weighted by Gasteiger charge is -2.29. The molecule has 6 rings (SSSR count). The molecule has 5 nitrogen and oxygen atoms in total. The Morgan fingerprint density at radius 1 is 1.15 bits per heavy atom. The Bertz CT molecular complexity index is 1100. The number of hydrogen-bond donors (Lipinski definition) is 2. The maximum absolute atomic E-state index is 13.1. The number of fused-ring (bicyclic) bond motifs is 1. The van der Waals surface area contributed by atoms with E-state index in [9.17, 15) is 4.79 Å². The molecule has 172 valence electrons. The summed E-state index contributed by atoms with van der Waals surface area (Å²) in [6.07, 6.45) is 15.5. The van der Waals surface area contributed by atoms with E-state index in [1.165, 1.54) is 30.5 Å². The second kappa shape index (κ2) is 8.94. The van der Waals surface area contributed by atoms with E-state index >= 15 is 0 Å². The fourth-order valence-electron chi connectivity index (χ4n) is 5.79. The van der Waals surface area contributed by atoms with Gasteiger partial charge in [0.25, 0.3) is 5.91 Å². The zero-order chi connectivity index (χ0) is 22.2. The first-order valence-corrected chi connectivity index (χ1v) is 12.8. The van der Waals surface area contributed by atoms with Gasteiger partial charge in [-0.3, -0.25) is 9.69 Å². The number of aromatic amines is 1. The molecule has 2 atom stereocenters. The number of aromatic nitrogens is 2. The lowest BCUT2D eigenvalue weighted by atomic mass is 9.85. The quantitative estimate of drug-likeness (QED) is 0.685. The molecule has 5 heteroatoms. The van der Waals surface area contributed by atoms with Gasteiger partial charge in [-0.1, -0.05) is 30.7 Å². The van der Waals surface area contributed by atoms with Crippen molar-refractivity contribution >= 4 is 16.9 Å². The minimum Gasteiger partial charge on any atom is -0.349 e. The molecular formula is C28H34N4O. The minimum absolute atomic E-state index is 0.0798. The van der Waals surface area contributed by atoms with E-state index in [-0.39, 0.29) is 11.9 Å². The highest BCUT2D eigenvalue weighted by molar-refractivity contribution is 5.96. The number of para-hydroxylation sites is 2. The molecule has 33 heavy (non-hydrogen) atoms. The van der Waals surface area contributed by atoms with E-state index in [0.29, 0.717) is 5.92 Å². The molecule has 2 aromatic rings. The van der Waals surface area contributed by atoms with Crippen molar-refractivity contribution in [2.45, 2.75) is 63.3 Å².